The van der Waals surface area contributed by atoms with E-state index in [1.54, 1.807) is 11.8 Å². The van der Waals surface area contributed by atoms with E-state index in [2.05, 4.69) is 10.00 Å². The fraction of sp³-hybridized carbons (Fsp3) is 0.529. The number of benzene rings is 1. The lowest BCUT2D eigenvalue weighted by atomic mass is 10.2. The summed E-state index contributed by atoms with van der Waals surface area (Å²) < 4.78 is 33.2. The lowest BCUT2D eigenvalue weighted by Crippen LogP contribution is -2.37. The molecule has 2 aromatic rings. The van der Waals surface area contributed by atoms with Crippen molar-refractivity contribution in [2.24, 2.45) is 7.05 Å². The molecular weight excluding hydrogens is 372 g/mol. The molecule has 1 aromatic heterocycles. The van der Waals surface area contributed by atoms with Gasteiger partial charge in [-0.15, -0.1) is 0 Å². The minimum Gasteiger partial charge on any atom is -0.496 e. The third kappa shape index (κ3) is 3.70. The average Bonchev–Trinajstić information content (AvgIpc) is 3.13. The predicted molar refractivity (Wildman–Crippen MR) is 103 cm³/mol. The summed E-state index contributed by atoms with van der Waals surface area (Å²) in [6.07, 6.45) is 0.662. The third-order valence-corrected chi connectivity index (χ3v) is 7.07. The number of rotatable bonds is 6. The molecule has 0 bridgehead atoms. The van der Waals surface area contributed by atoms with E-state index in [4.69, 9.17) is 17.0 Å². The second-order valence-electron chi connectivity index (χ2n) is 6.47. The van der Waals surface area contributed by atoms with Crippen LogP contribution in [0.1, 0.15) is 13.3 Å². The van der Waals surface area contributed by atoms with Crippen molar-refractivity contribution in [1.82, 2.24) is 19.2 Å². The van der Waals surface area contributed by atoms with E-state index in [0.29, 0.717) is 17.9 Å². The molecule has 26 heavy (non-hydrogen) atoms. The summed E-state index contributed by atoms with van der Waals surface area (Å²) in [7, 11) is 0.581. The van der Waals surface area contributed by atoms with Crippen molar-refractivity contribution in [2.45, 2.75) is 26.1 Å². The van der Waals surface area contributed by atoms with Gasteiger partial charge < -0.3 is 9.30 Å². The van der Waals surface area contributed by atoms with Crippen LogP contribution in [0, 0.1) is 4.77 Å². The largest absolute Gasteiger partial charge is 0.496 e. The van der Waals surface area contributed by atoms with Gasteiger partial charge in [0, 0.05) is 13.1 Å². The maximum absolute atomic E-state index is 11.8. The Bertz CT molecular complexity index is 949. The molecule has 1 aliphatic heterocycles. The van der Waals surface area contributed by atoms with Crippen molar-refractivity contribution in [1.29, 1.82) is 0 Å². The first-order valence-corrected chi connectivity index (χ1v) is 10.8. The van der Waals surface area contributed by atoms with E-state index in [1.165, 1.54) is 0 Å². The molecule has 0 unspecified atom stereocenters. The van der Waals surface area contributed by atoms with Gasteiger partial charge in [0.1, 0.15) is 5.75 Å². The highest BCUT2D eigenvalue weighted by Crippen LogP contribution is 2.28. The number of nitrogens with zero attached hydrogens (tertiary/aromatic N) is 4. The first kappa shape index (κ1) is 19.1. The Kier molecular flexibility index (Phi) is 5.50. The quantitative estimate of drug-likeness (QED) is 0.697. The van der Waals surface area contributed by atoms with Gasteiger partial charge in [0.15, 0.2) is 20.4 Å². The van der Waals surface area contributed by atoms with Crippen molar-refractivity contribution >= 4 is 22.1 Å². The molecule has 2 heterocycles. The smallest absolute Gasteiger partial charge is 0.199 e. The molecule has 142 valence electrons. The summed E-state index contributed by atoms with van der Waals surface area (Å²) in [5.74, 6) is 1.92. The van der Waals surface area contributed by atoms with Gasteiger partial charge in [0.05, 0.1) is 30.8 Å². The van der Waals surface area contributed by atoms with Crippen LogP contribution < -0.4 is 4.74 Å². The Morgan fingerprint density at radius 3 is 2.73 bits per heavy atom. The van der Waals surface area contributed by atoms with Crippen LogP contribution in [0.2, 0.25) is 0 Å². The minimum absolute atomic E-state index is 0.0172. The lowest BCUT2D eigenvalue weighted by Gasteiger charge is -2.25. The molecule has 0 amide bonds. The molecule has 1 saturated heterocycles. The number of ether oxygens (including phenoxy) is 1. The molecule has 1 atom stereocenters. The number of sulfone groups is 1. The number of methoxy groups -OCH3 is 1. The van der Waals surface area contributed by atoms with E-state index in [-0.39, 0.29) is 17.5 Å². The number of para-hydroxylation sites is 1. The fourth-order valence-corrected chi connectivity index (χ4v) is 5.30. The van der Waals surface area contributed by atoms with Crippen LogP contribution in [0.5, 0.6) is 5.75 Å². The molecule has 1 fully saturated rings. The molecule has 9 heteroatoms. The summed E-state index contributed by atoms with van der Waals surface area (Å²) in [5.41, 5.74) is 0.869. The Hall–Kier alpha value is -1.71. The summed E-state index contributed by atoms with van der Waals surface area (Å²) in [6, 6.07) is 7.69. The zero-order chi connectivity index (χ0) is 18.9. The predicted octanol–water partition coefficient (Wildman–Crippen LogP) is 2.09. The first-order chi connectivity index (χ1) is 12.4. The van der Waals surface area contributed by atoms with E-state index in [1.807, 2.05) is 42.8 Å². The molecule has 1 aromatic carbocycles. The molecule has 3 rings (SSSR count). The van der Waals surface area contributed by atoms with Gasteiger partial charge in [0.25, 0.3) is 0 Å². The van der Waals surface area contributed by atoms with Crippen LogP contribution in [0.3, 0.4) is 0 Å². The minimum atomic E-state index is -2.93. The Morgan fingerprint density at radius 2 is 2.12 bits per heavy atom. The van der Waals surface area contributed by atoms with E-state index in [0.717, 1.165) is 23.7 Å². The van der Waals surface area contributed by atoms with Crippen LogP contribution in [-0.2, 0) is 23.6 Å². The van der Waals surface area contributed by atoms with Crippen molar-refractivity contribution < 1.29 is 13.2 Å². The summed E-state index contributed by atoms with van der Waals surface area (Å²) >= 11 is 5.56. The summed E-state index contributed by atoms with van der Waals surface area (Å²) in [5, 5.41) is 4.69. The maximum atomic E-state index is 11.8. The zero-order valence-corrected chi connectivity index (χ0v) is 16.9. The van der Waals surface area contributed by atoms with Crippen LogP contribution >= 0.6 is 12.2 Å². The SMILES string of the molecule is CCN(Cn1nc(-c2ccccc2OC)n(C)c1=S)[C@H]1CCS(=O)(=O)C1. The van der Waals surface area contributed by atoms with Gasteiger partial charge in [-0.3, -0.25) is 4.90 Å². The molecule has 1 aliphatic rings. The second-order valence-corrected chi connectivity index (χ2v) is 9.06. The Balaban J connectivity index is 1.91. The standard InChI is InChI=1S/C17H24N4O3S2/c1-4-20(13-9-10-26(22,23)11-13)12-21-17(25)19(2)16(18-21)14-7-5-6-8-15(14)24-3/h5-8,13H,4,9-12H2,1-3H3/t13-/m0/s1. The molecule has 7 nitrogen and oxygen atoms in total. The van der Waals surface area contributed by atoms with Gasteiger partial charge in [-0.05, 0) is 37.3 Å². The molecule has 0 saturated carbocycles. The van der Waals surface area contributed by atoms with Gasteiger partial charge >= 0.3 is 0 Å². The van der Waals surface area contributed by atoms with Gasteiger partial charge in [0.2, 0.25) is 0 Å². The molecule has 0 aliphatic carbocycles. The van der Waals surface area contributed by atoms with E-state index < -0.39 is 9.84 Å². The summed E-state index contributed by atoms with van der Waals surface area (Å²) in [4.78, 5) is 2.12. The molecular formula is C17H24N4O3S2. The van der Waals surface area contributed by atoms with Crippen molar-refractivity contribution in [3.63, 3.8) is 0 Å². The van der Waals surface area contributed by atoms with Crippen LogP contribution in [0.15, 0.2) is 24.3 Å². The van der Waals surface area contributed by atoms with Gasteiger partial charge in [-0.25, -0.2) is 13.1 Å². The topological polar surface area (TPSA) is 69.4 Å². The van der Waals surface area contributed by atoms with Crippen molar-refractivity contribution in [3.05, 3.63) is 29.0 Å². The highest BCUT2D eigenvalue weighted by molar-refractivity contribution is 7.91. The van der Waals surface area contributed by atoms with Crippen molar-refractivity contribution in [3.8, 4) is 17.1 Å². The van der Waals surface area contributed by atoms with Crippen molar-refractivity contribution in [2.75, 3.05) is 25.2 Å². The Morgan fingerprint density at radius 1 is 1.38 bits per heavy atom. The molecule has 0 radical (unpaired) electrons. The normalized spacial score (nSPS) is 19.2. The number of hydrogen-bond donors (Lipinski definition) is 0. The second kappa shape index (κ2) is 7.50. The lowest BCUT2D eigenvalue weighted by molar-refractivity contribution is 0.164. The average molecular weight is 397 g/mol. The Labute approximate surface area is 159 Å². The van der Waals surface area contributed by atoms with E-state index >= 15 is 0 Å². The van der Waals surface area contributed by atoms with Gasteiger partial charge in [-0.1, -0.05) is 19.1 Å². The number of aromatic nitrogens is 3. The molecule has 0 N–H and O–H groups in total. The van der Waals surface area contributed by atoms with Crippen LogP contribution in [0.4, 0.5) is 0 Å². The zero-order valence-electron chi connectivity index (χ0n) is 15.3. The highest BCUT2D eigenvalue weighted by atomic mass is 32.2. The summed E-state index contributed by atoms with van der Waals surface area (Å²) in [6.45, 7) is 3.24. The first-order valence-electron chi connectivity index (χ1n) is 8.58. The third-order valence-electron chi connectivity index (χ3n) is 4.84. The van der Waals surface area contributed by atoms with E-state index in [9.17, 15) is 8.42 Å². The highest BCUT2D eigenvalue weighted by Gasteiger charge is 2.32. The maximum Gasteiger partial charge on any atom is 0.199 e. The molecule has 0 spiro atoms. The van der Waals surface area contributed by atoms with Crippen LogP contribution in [0.25, 0.3) is 11.4 Å². The fourth-order valence-electron chi connectivity index (χ4n) is 3.35. The monoisotopic (exact) mass is 396 g/mol. The number of hydrogen-bond acceptors (Lipinski definition) is 6. The van der Waals surface area contributed by atoms with Gasteiger partial charge in [-0.2, -0.15) is 5.10 Å². The van der Waals surface area contributed by atoms with Crippen LogP contribution in [-0.4, -0.2) is 58.9 Å².